The quantitative estimate of drug-likeness (QED) is 0.397. The van der Waals surface area contributed by atoms with Gasteiger partial charge in [0.1, 0.15) is 0 Å². The van der Waals surface area contributed by atoms with Crippen LogP contribution in [0.4, 0.5) is 0 Å². The number of morpholine rings is 1. The molecular formula is C18H32N4O2S. The second kappa shape index (κ2) is 11.5. The third-order valence-electron chi connectivity index (χ3n) is 4.17. The molecule has 0 bridgehead atoms. The van der Waals surface area contributed by atoms with Gasteiger partial charge in [0.2, 0.25) is 0 Å². The standard InChI is InChI=1S/C18H32N4O2S/c1-4-19-18(20-8-6-10-23-3)21-13-16(17-7-5-12-25-17)22-9-11-24-15(2)14-22/h5,7,12,15-16H,4,6,8-11,13-14H2,1-3H3,(H2,19,20,21). The fourth-order valence-electron chi connectivity index (χ4n) is 2.94. The number of thiophene rings is 1. The van der Waals surface area contributed by atoms with Crippen molar-refractivity contribution in [3.8, 4) is 0 Å². The Labute approximate surface area is 155 Å². The van der Waals surface area contributed by atoms with Gasteiger partial charge in [-0.05, 0) is 31.7 Å². The highest BCUT2D eigenvalue weighted by Crippen LogP contribution is 2.27. The first kappa shape index (κ1) is 20.2. The molecule has 7 heteroatoms. The van der Waals surface area contributed by atoms with Crippen LogP contribution in [0.25, 0.3) is 0 Å². The van der Waals surface area contributed by atoms with Gasteiger partial charge in [-0.1, -0.05) is 6.07 Å². The third-order valence-corrected chi connectivity index (χ3v) is 5.14. The van der Waals surface area contributed by atoms with Crippen LogP contribution < -0.4 is 10.6 Å². The molecule has 2 unspecified atom stereocenters. The van der Waals surface area contributed by atoms with Crippen LogP contribution in [0.1, 0.15) is 31.2 Å². The largest absolute Gasteiger partial charge is 0.385 e. The molecule has 1 aromatic rings. The van der Waals surface area contributed by atoms with E-state index in [-0.39, 0.29) is 6.10 Å². The minimum absolute atomic E-state index is 0.278. The van der Waals surface area contributed by atoms with Gasteiger partial charge in [0, 0.05) is 44.8 Å². The van der Waals surface area contributed by atoms with Crippen LogP contribution in [0, 0.1) is 0 Å². The maximum absolute atomic E-state index is 5.71. The van der Waals surface area contributed by atoms with Crippen LogP contribution in [0.15, 0.2) is 22.5 Å². The van der Waals surface area contributed by atoms with E-state index in [1.54, 1.807) is 18.4 Å². The number of ether oxygens (including phenoxy) is 2. The lowest BCUT2D eigenvalue weighted by Gasteiger charge is -2.36. The predicted octanol–water partition coefficient (Wildman–Crippen LogP) is 2.10. The Morgan fingerprint density at radius 3 is 3.08 bits per heavy atom. The van der Waals surface area contributed by atoms with Gasteiger partial charge in [-0.15, -0.1) is 11.3 Å². The lowest BCUT2D eigenvalue weighted by Crippen LogP contribution is -2.44. The van der Waals surface area contributed by atoms with Gasteiger partial charge >= 0.3 is 0 Å². The molecule has 0 saturated carbocycles. The highest BCUT2D eigenvalue weighted by Gasteiger charge is 2.26. The Bertz CT molecular complexity index is 495. The molecule has 1 fully saturated rings. The van der Waals surface area contributed by atoms with Crippen LogP contribution in [0.5, 0.6) is 0 Å². The number of methoxy groups -OCH3 is 1. The molecule has 1 saturated heterocycles. The first-order valence-electron chi connectivity index (χ1n) is 9.14. The maximum Gasteiger partial charge on any atom is 0.191 e. The zero-order valence-corrected chi connectivity index (χ0v) is 16.5. The minimum Gasteiger partial charge on any atom is -0.385 e. The Morgan fingerprint density at radius 2 is 2.40 bits per heavy atom. The number of rotatable bonds is 9. The van der Waals surface area contributed by atoms with E-state index in [1.165, 1.54) is 4.88 Å². The summed E-state index contributed by atoms with van der Waals surface area (Å²) in [5.74, 6) is 0.876. The highest BCUT2D eigenvalue weighted by molar-refractivity contribution is 7.10. The molecule has 0 amide bonds. The molecule has 6 nitrogen and oxygen atoms in total. The first-order valence-corrected chi connectivity index (χ1v) is 10.0. The summed E-state index contributed by atoms with van der Waals surface area (Å²) < 4.78 is 10.8. The van der Waals surface area contributed by atoms with E-state index in [0.717, 1.165) is 58.3 Å². The summed E-state index contributed by atoms with van der Waals surface area (Å²) in [7, 11) is 1.73. The van der Waals surface area contributed by atoms with Gasteiger partial charge in [-0.3, -0.25) is 9.89 Å². The van der Waals surface area contributed by atoms with Crippen LogP contribution in [-0.4, -0.2) is 70.0 Å². The van der Waals surface area contributed by atoms with Gasteiger partial charge in [0.25, 0.3) is 0 Å². The second-order valence-corrected chi connectivity index (χ2v) is 7.18. The molecule has 2 rings (SSSR count). The van der Waals surface area contributed by atoms with Crippen molar-refractivity contribution in [2.75, 3.05) is 53.0 Å². The van der Waals surface area contributed by atoms with E-state index in [0.29, 0.717) is 6.04 Å². The molecule has 0 spiro atoms. The maximum atomic E-state index is 5.71. The number of hydrogen-bond acceptors (Lipinski definition) is 5. The van der Waals surface area contributed by atoms with Crippen molar-refractivity contribution in [2.45, 2.75) is 32.4 Å². The Morgan fingerprint density at radius 1 is 1.52 bits per heavy atom. The van der Waals surface area contributed by atoms with E-state index in [2.05, 4.69) is 46.9 Å². The molecule has 142 valence electrons. The summed E-state index contributed by atoms with van der Waals surface area (Å²) in [5.41, 5.74) is 0. The number of nitrogens with one attached hydrogen (secondary N) is 2. The van der Waals surface area contributed by atoms with E-state index < -0.39 is 0 Å². The fourth-order valence-corrected chi connectivity index (χ4v) is 3.79. The van der Waals surface area contributed by atoms with Gasteiger partial charge in [0.05, 0.1) is 25.3 Å². The summed E-state index contributed by atoms with van der Waals surface area (Å²) in [6.07, 6.45) is 1.25. The zero-order chi connectivity index (χ0) is 17.9. The summed E-state index contributed by atoms with van der Waals surface area (Å²) >= 11 is 1.81. The lowest BCUT2D eigenvalue weighted by atomic mass is 10.1. The van der Waals surface area contributed by atoms with Crippen molar-refractivity contribution in [2.24, 2.45) is 4.99 Å². The number of hydrogen-bond donors (Lipinski definition) is 2. The number of nitrogens with zero attached hydrogens (tertiary/aromatic N) is 2. The topological polar surface area (TPSA) is 58.1 Å². The fraction of sp³-hybridized carbons (Fsp3) is 0.722. The van der Waals surface area contributed by atoms with Crippen LogP contribution >= 0.6 is 11.3 Å². The van der Waals surface area contributed by atoms with Crippen molar-refractivity contribution < 1.29 is 9.47 Å². The molecule has 0 radical (unpaired) electrons. The Hall–Kier alpha value is -1.15. The summed E-state index contributed by atoms with van der Waals surface area (Å²) in [4.78, 5) is 8.71. The molecule has 0 aliphatic carbocycles. The SMILES string of the molecule is CCNC(=NCC(c1cccs1)N1CCOC(C)C1)NCCCOC. The van der Waals surface area contributed by atoms with E-state index >= 15 is 0 Å². The molecule has 2 atom stereocenters. The number of guanidine groups is 1. The van der Waals surface area contributed by atoms with Crippen molar-refractivity contribution in [3.05, 3.63) is 22.4 Å². The van der Waals surface area contributed by atoms with Crippen LogP contribution in [0.2, 0.25) is 0 Å². The van der Waals surface area contributed by atoms with Crippen molar-refractivity contribution in [1.29, 1.82) is 0 Å². The summed E-state index contributed by atoms with van der Waals surface area (Å²) in [5, 5.41) is 8.86. The van der Waals surface area contributed by atoms with Crippen LogP contribution in [0.3, 0.4) is 0 Å². The Balaban J connectivity index is 2.00. The van der Waals surface area contributed by atoms with Crippen LogP contribution in [-0.2, 0) is 9.47 Å². The van der Waals surface area contributed by atoms with Gasteiger partial charge < -0.3 is 20.1 Å². The van der Waals surface area contributed by atoms with E-state index in [1.807, 2.05) is 0 Å². The van der Waals surface area contributed by atoms with Gasteiger partial charge in [0.15, 0.2) is 5.96 Å². The first-order chi connectivity index (χ1) is 12.2. The number of aliphatic imine (C=N–C) groups is 1. The molecule has 2 heterocycles. The normalized spacial score (nSPS) is 20.4. The Kier molecular flexibility index (Phi) is 9.25. The monoisotopic (exact) mass is 368 g/mol. The smallest absolute Gasteiger partial charge is 0.191 e. The summed E-state index contributed by atoms with van der Waals surface area (Å²) in [6, 6.07) is 4.64. The lowest BCUT2D eigenvalue weighted by molar-refractivity contribution is -0.0327. The zero-order valence-electron chi connectivity index (χ0n) is 15.7. The van der Waals surface area contributed by atoms with Crippen molar-refractivity contribution in [3.63, 3.8) is 0 Å². The minimum atomic E-state index is 0.278. The molecule has 1 aliphatic rings. The molecule has 25 heavy (non-hydrogen) atoms. The average molecular weight is 369 g/mol. The molecule has 2 N–H and O–H groups in total. The molecular weight excluding hydrogens is 336 g/mol. The van der Waals surface area contributed by atoms with Crippen molar-refractivity contribution >= 4 is 17.3 Å². The van der Waals surface area contributed by atoms with E-state index in [4.69, 9.17) is 14.5 Å². The molecule has 1 aliphatic heterocycles. The third kappa shape index (κ3) is 6.93. The van der Waals surface area contributed by atoms with Gasteiger partial charge in [-0.25, -0.2) is 0 Å². The average Bonchev–Trinajstić information content (AvgIpc) is 3.13. The molecule has 1 aromatic heterocycles. The van der Waals surface area contributed by atoms with Crippen molar-refractivity contribution in [1.82, 2.24) is 15.5 Å². The predicted molar refractivity (Wildman–Crippen MR) is 105 cm³/mol. The van der Waals surface area contributed by atoms with Gasteiger partial charge in [-0.2, -0.15) is 0 Å². The second-order valence-electron chi connectivity index (χ2n) is 6.20. The molecule has 0 aromatic carbocycles. The van der Waals surface area contributed by atoms with E-state index in [9.17, 15) is 0 Å². The summed E-state index contributed by atoms with van der Waals surface area (Å²) in [6.45, 7) is 10.2. The highest BCUT2D eigenvalue weighted by atomic mass is 32.1.